The van der Waals surface area contributed by atoms with Crippen molar-refractivity contribution in [1.29, 1.82) is 0 Å². The van der Waals surface area contributed by atoms with Gasteiger partial charge in [-0.25, -0.2) is 0 Å². The molecule has 0 unspecified atom stereocenters. The standard InChI is InChI=1S/6ClH.2Mo.3O/h6*1H;;;;;/q;;;;;;2*+6;3*-2/p-6. The molecule has 0 N–H and O–H groups in total. The van der Waals surface area contributed by atoms with E-state index < -0.39 is 28.4 Å². The zero-order valence-electron chi connectivity index (χ0n) is 4.31. The van der Waals surface area contributed by atoms with E-state index in [1.165, 1.54) is 0 Å². The first kappa shape index (κ1) is 29.2. The van der Waals surface area contributed by atoms with Gasteiger partial charge in [-0.2, -0.15) is 0 Å². The van der Waals surface area contributed by atoms with Gasteiger partial charge in [0.1, 0.15) is 0 Å². The molecule has 3 nitrogen and oxygen atoms in total. The molecule has 0 radical (unpaired) electrons. The van der Waals surface area contributed by atoms with Crippen LogP contribution < -0.4 is 0 Å². The Bertz CT molecular complexity index is 31.3. The van der Waals surface area contributed by atoms with Crippen molar-refractivity contribution in [2.24, 2.45) is 0 Å². The van der Waals surface area contributed by atoms with Crippen LogP contribution in [0.2, 0.25) is 0 Å². The number of halogens is 6. The zero-order valence-corrected chi connectivity index (χ0v) is 12.9. The Balaban J connectivity index is -0.0000000171. The van der Waals surface area contributed by atoms with Crippen molar-refractivity contribution in [3.8, 4) is 0 Å². The normalized spacial score (nSPS) is 4.91. The van der Waals surface area contributed by atoms with Crippen molar-refractivity contribution >= 4 is 56.5 Å². The molecule has 0 atom stereocenters. The van der Waals surface area contributed by atoms with Gasteiger partial charge in [0.2, 0.25) is 0 Å². The van der Waals surface area contributed by atoms with E-state index in [4.69, 9.17) is 56.5 Å². The first-order chi connectivity index (χ1) is 3.46. The van der Waals surface area contributed by atoms with Gasteiger partial charge < -0.3 is 16.4 Å². The smallest absolute Gasteiger partial charge is 2.00 e. The molecule has 0 aromatic heterocycles. The predicted molar refractivity (Wildman–Crippen MR) is 37.2 cm³/mol. The average molecular weight is 453 g/mol. The van der Waals surface area contributed by atoms with Crippen LogP contribution in [0.5, 0.6) is 0 Å². The summed E-state index contributed by atoms with van der Waals surface area (Å²) in [5.41, 5.74) is 0. The van der Waals surface area contributed by atoms with Gasteiger partial charge in [0.05, 0.1) is 0 Å². The fourth-order valence-corrected chi connectivity index (χ4v) is 0. The maximum absolute atomic E-state index is 4.98. The van der Waals surface area contributed by atoms with Crippen molar-refractivity contribution < 1.29 is 44.8 Å². The summed E-state index contributed by atoms with van der Waals surface area (Å²) < 4.78 is 0. The molecule has 0 amide bonds. The number of rotatable bonds is 0. The third-order valence-corrected chi connectivity index (χ3v) is 0. The van der Waals surface area contributed by atoms with E-state index in [1.807, 2.05) is 0 Å². The number of hydrogen-bond acceptors (Lipinski definition) is 0. The molecule has 0 aromatic carbocycles. The molecule has 0 aromatic rings. The minimum Gasteiger partial charge on any atom is -2.00 e. The van der Waals surface area contributed by atoms with Gasteiger partial charge in [-0.1, -0.05) is 0 Å². The van der Waals surface area contributed by atoms with Gasteiger partial charge in [0.25, 0.3) is 0 Å². The largest absolute Gasteiger partial charge is 2.00 e. The van der Waals surface area contributed by atoms with Crippen LogP contribution in [0.1, 0.15) is 0 Å². The summed E-state index contributed by atoms with van der Waals surface area (Å²) >= 11 is -3.88. The molecule has 0 heterocycles. The van der Waals surface area contributed by atoms with E-state index in [0.717, 1.165) is 0 Å². The average Bonchev–Trinajstić information content (AvgIpc) is 1.25. The minimum absolute atomic E-state index is 0. The van der Waals surface area contributed by atoms with Crippen LogP contribution in [-0.2, 0) is 44.8 Å². The summed E-state index contributed by atoms with van der Waals surface area (Å²) in [4.78, 5) is 0. The maximum Gasteiger partial charge on any atom is -2.00 e. The van der Waals surface area contributed by atoms with Gasteiger partial charge in [-0.05, 0) is 0 Å². The second kappa shape index (κ2) is 23.1. The molecule has 0 fully saturated rings. The first-order valence-corrected chi connectivity index (χ1v) is 16.4. The summed E-state index contributed by atoms with van der Waals surface area (Å²) in [6.07, 6.45) is 0. The Morgan fingerprint density at radius 1 is 0.455 bits per heavy atom. The van der Waals surface area contributed by atoms with Gasteiger partial charge in [0.15, 0.2) is 0 Å². The van der Waals surface area contributed by atoms with Crippen molar-refractivity contribution in [2.75, 3.05) is 0 Å². The Morgan fingerprint density at radius 3 is 0.455 bits per heavy atom. The van der Waals surface area contributed by atoms with Gasteiger partial charge >= 0.3 is 84.9 Å². The molecule has 11 heteroatoms. The number of hydrogen-bond donors (Lipinski definition) is 0. The molecule has 0 aliphatic heterocycles. The van der Waals surface area contributed by atoms with E-state index in [0.29, 0.717) is 0 Å². The molecule has 0 rings (SSSR count). The van der Waals surface area contributed by atoms with E-state index in [2.05, 4.69) is 0 Å². The maximum atomic E-state index is 4.98. The summed E-state index contributed by atoms with van der Waals surface area (Å²) in [7, 11) is 29.9. The summed E-state index contributed by atoms with van der Waals surface area (Å²) in [6.45, 7) is 0. The van der Waals surface area contributed by atoms with Crippen molar-refractivity contribution in [3.05, 3.63) is 0 Å². The Hall–Kier alpha value is 3.00. The summed E-state index contributed by atoms with van der Waals surface area (Å²) in [6, 6.07) is 0. The topological polar surface area (TPSA) is 85.5 Å². The third kappa shape index (κ3) is 175. The Morgan fingerprint density at radius 2 is 0.455 bits per heavy atom. The van der Waals surface area contributed by atoms with E-state index in [1.54, 1.807) is 0 Å². The van der Waals surface area contributed by atoms with E-state index >= 15 is 0 Å². The van der Waals surface area contributed by atoms with Crippen molar-refractivity contribution in [2.45, 2.75) is 0 Å². The first-order valence-electron chi connectivity index (χ1n) is 0.926. The molecular weight excluding hydrogens is 453 g/mol. The Kier molecular flexibility index (Phi) is 61.4. The molecule has 72 valence electrons. The monoisotopic (exact) mass is 454 g/mol. The predicted octanol–water partition coefficient (Wildman–Crippen LogP) is 3.78. The summed E-state index contributed by atoms with van der Waals surface area (Å²) in [5, 5.41) is 0. The van der Waals surface area contributed by atoms with Crippen molar-refractivity contribution in [3.63, 3.8) is 0 Å². The van der Waals surface area contributed by atoms with Crippen LogP contribution in [0, 0.1) is 0 Å². The van der Waals surface area contributed by atoms with Crippen LogP contribution in [0.15, 0.2) is 0 Å². The quantitative estimate of drug-likeness (QED) is 0.501. The van der Waals surface area contributed by atoms with Crippen LogP contribution >= 0.6 is 56.5 Å². The third-order valence-electron chi connectivity index (χ3n) is 0. The Labute approximate surface area is 99.8 Å². The second-order valence-corrected chi connectivity index (χ2v) is 18.6. The molecular formula is Cl6Mo2O3. The second-order valence-electron chi connectivity index (χ2n) is 0.350. The molecule has 0 spiro atoms. The van der Waals surface area contributed by atoms with Crippen LogP contribution in [-0.4, -0.2) is 0 Å². The SMILES string of the molecule is [Cl][Mo+3]([Cl])[Cl].[Cl][Mo+3]([Cl])[Cl].[O-2].[O-2].[O-2]. The summed E-state index contributed by atoms with van der Waals surface area (Å²) in [5.74, 6) is 0. The van der Waals surface area contributed by atoms with Crippen LogP contribution in [0.4, 0.5) is 0 Å². The van der Waals surface area contributed by atoms with Gasteiger partial charge in [0, 0.05) is 0 Å². The molecule has 0 saturated carbocycles. The minimum atomic E-state index is -1.94. The zero-order chi connectivity index (χ0) is 7.15. The van der Waals surface area contributed by atoms with Crippen LogP contribution in [0.3, 0.4) is 0 Å². The molecule has 0 aliphatic rings. The van der Waals surface area contributed by atoms with Gasteiger partial charge in [-0.3, -0.25) is 0 Å². The fraction of sp³-hybridized carbons (Fsp3) is 0. The molecule has 11 heavy (non-hydrogen) atoms. The van der Waals surface area contributed by atoms with E-state index in [9.17, 15) is 0 Å². The van der Waals surface area contributed by atoms with Crippen molar-refractivity contribution in [1.82, 2.24) is 0 Å². The molecule has 0 bridgehead atoms. The molecule has 0 aliphatic carbocycles. The fourth-order valence-electron chi connectivity index (χ4n) is 0. The van der Waals surface area contributed by atoms with Gasteiger partial charge in [-0.15, -0.1) is 0 Å². The van der Waals surface area contributed by atoms with Crippen LogP contribution in [0.25, 0.3) is 0 Å². The molecule has 0 saturated heterocycles. The van der Waals surface area contributed by atoms with E-state index in [-0.39, 0.29) is 16.4 Å².